The highest BCUT2D eigenvalue weighted by molar-refractivity contribution is 5.98. The second-order valence-corrected chi connectivity index (χ2v) is 5.84. The second-order valence-electron chi connectivity index (χ2n) is 5.63. The van der Waals surface area contributed by atoms with Crippen LogP contribution in [0.2, 0.25) is 0 Å². The Balaban J connectivity index is 2.27. The molecule has 3 radical (unpaired) electrons. The predicted molar refractivity (Wildman–Crippen MR) is 74.0 cm³/mol. The Morgan fingerprint density at radius 3 is 2.20 bits per heavy atom. The van der Waals surface area contributed by atoms with Gasteiger partial charge in [-0.2, -0.15) is 0 Å². The largest absolute Gasteiger partial charge is 0.414 e. The van der Waals surface area contributed by atoms with E-state index in [1.54, 1.807) is 0 Å². The van der Waals surface area contributed by atoms with Crippen LogP contribution in [0.1, 0.15) is 51.5 Å². The van der Waals surface area contributed by atoms with Crippen molar-refractivity contribution in [1.29, 1.82) is 0 Å². The molecule has 0 bridgehead atoms. The number of hydrogen-bond acceptors (Lipinski definition) is 1. The molecular weight excluding hydrogens is 281 g/mol. The van der Waals surface area contributed by atoms with Gasteiger partial charge < -0.3 is 4.43 Å². The molecule has 0 saturated heterocycles. The molecular formula is C15H20F3OSi. The van der Waals surface area contributed by atoms with Gasteiger partial charge in [0.05, 0.1) is 0 Å². The van der Waals surface area contributed by atoms with Crippen LogP contribution in [0.4, 0.5) is 13.2 Å². The van der Waals surface area contributed by atoms with E-state index >= 15 is 0 Å². The Kier molecular flexibility index (Phi) is 6.75. The number of rotatable bonds is 8. The van der Waals surface area contributed by atoms with E-state index in [9.17, 15) is 13.2 Å². The van der Waals surface area contributed by atoms with Crippen molar-refractivity contribution in [1.82, 2.24) is 0 Å². The van der Waals surface area contributed by atoms with E-state index in [1.165, 1.54) is 0 Å². The molecule has 0 aliphatic rings. The summed E-state index contributed by atoms with van der Waals surface area (Å²) in [6, 6.07) is 1.56. The first-order valence-corrected chi connectivity index (χ1v) is 7.25. The molecule has 1 nitrogen and oxygen atoms in total. The fourth-order valence-electron chi connectivity index (χ4n) is 2.03. The molecule has 0 heterocycles. The Morgan fingerprint density at radius 2 is 1.55 bits per heavy atom. The van der Waals surface area contributed by atoms with Gasteiger partial charge in [0.2, 0.25) is 10.5 Å². The summed E-state index contributed by atoms with van der Waals surface area (Å²) in [5.41, 5.74) is 0.0519. The van der Waals surface area contributed by atoms with Gasteiger partial charge in [0, 0.05) is 11.7 Å². The van der Waals surface area contributed by atoms with Gasteiger partial charge in [-0.25, -0.2) is 13.2 Å². The van der Waals surface area contributed by atoms with Crippen molar-refractivity contribution in [3.05, 3.63) is 35.1 Å². The van der Waals surface area contributed by atoms with Crippen LogP contribution < -0.4 is 0 Å². The summed E-state index contributed by atoms with van der Waals surface area (Å²) in [6.45, 7) is 3.99. The highest BCUT2D eigenvalue weighted by Crippen LogP contribution is 2.19. The van der Waals surface area contributed by atoms with Crippen LogP contribution in [0, 0.1) is 17.5 Å². The molecule has 1 aromatic carbocycles. The molecule has 111 valence electrons. The van der Waals surface area contributed by atoms with Crippen LogP contribution in [-0.4, -0.2) is 16.1 Å². The number of hydrogen-bond donors (Lipinski definition) is 0. The summed E-state index contributed by atoms with van der Waals surface area (Å²) in [6.07, 6.45) is 5.06. The molecule has 0 fully saturated rings. The number of aryl methyl sites for hydroxylation is 1. The van der Waals surface area contributed by atoms with Crippen molar-refractivity contribution in [2.45, 2.75) is 58.0 Å². The lowest BCUT2D eigenvalue weighted by Gasteiger charge is -2.22. The van der Waals surface area contributed by atoms with Crippen molar-refractivity contribution in [3.63, 3.8) is 0 Å². The molecule has 0 amide bonds. The lowest BCUT2D eigenvalue weighted by molar-refractivity contribution is 0.109. The van der Waals surface area contributed by atoms with Crippen LogP contribution >= 0.6 is 0 Å². The summed E-state index contributed by atoms with van der Waals surface area (Å²) >= 11 is 0. The van der Waals surface area contributed by atoms with Gasteiger partial charge >= 0.3 is 0 Å². The van der Waals surface area contributed by atoms with Gasteiger partial charge in [-0.3, -0.25) is 0 Å². The predicted octanol–water partition coefficient (Wildman–Crippen LogP) is 4.48. The minimum Gasteiger partial charge on any atom is -0.414 e. The molecule has 0 atom stereocenters. The molecule has 0 saturated carbocycles. The van der Waals surface area contributed by atoms with Gasteiger partial charge in [-0.05, 0) is 44.7 Å². The van der Waals surface area contributed by atoms with Crippen LogP contribution in [0.25, 0.3) is 0 Å². The number of unbranched alkanes of at least 4 members (excludes halogenated alkanes) is 3. The van der Waals surface area contributed by atoms with Crippen molar-refractivity contribution in [2.24, 2.45) is 0 Å². The Hall–Kier alpha value is -0.813. The normalized spacial score (nSPS) is 11.9. The molecule has 0 N–H and O–H groups in total. The zero-order chi connectivity index (χ0) is 15.2. The Labute approximate surface area is 122 Å². The van der Waals surface area contributed by atoms with Gasteiger partial charge in [-0.15, -0.1) is 0 Å². The van der Waals surface area contributed by atoms with Crippen LogP contribution in [-0.2, 0) is 10.8 Å². The third-order valence-electron chi connectivity index (χ3n) is 3.34. The summed E-state index contributed by atoms with van der Waals surface area (Å²) in [4.78, 5) is 0. The summed E-state index contributed by atoms with van der Waals surface area (Å²) in [7, 11) is 3.05. The van der Waals surface area contributed by atoms with Gasteiger partial charge in [-0.1, -0.05) is 19.3 Å². The molecule has 1 aromatic rings. The fraction of sp³-hybridized carbons (Fsp3) is 0.600. The zero-order valence-corrected chi connectivity index (χ0v) is 12.9. The maximum Gasteiger partial charge on any atom is 0.246 e. The zero-order valence-electron chi connectivity index (χ0n) is 11.9. The van der Waals surface area contributed by atoms with E-state index in [0.717, 1.165) is 38.2 Å². The van der Waals surface area contributed by atoms with Crippen LogP contribution in [0.5, 0.6) is 0 Å². The third kappa shape index (κ3) is 5.67. The van der Waals surface area contributed by atoms with E-state index in [4.69, 9.17) is 4.43 Å². The van der Waals surface area contributed by atoms with E-state index in [0.29, 0.717) is 12.5 Å². The van der Waals surface area contributed by atoms with E-state index in [2.05, 4.69) is 10.5 Å². The highest BCUT2D eigenvalue weighted by atomic mass is 28.2. The maximum atomic E-state index is 13.4. The van der Waals surface area contributed by atoms with Gasteiger partial charge in [0.25, 0.3) is 0 Å². The topological polar surface area (TPSA) is 9.23 Å². The minimum atomic E-state index is -1.14. The molecule has 20 heavy (non-hydrogen) atoms. The Bertz CT molecular complexity index is 435. The quantitative estimate of drug-likeness (QED) is 0.391. The first kappa shape index (κ1) is 17.2. The SMILES string of the molecule is CC(C)(CCCCCCc1cc(F)c(F)cc1F)O[Si]. The monoisotopic (exact) mass is 301 g/mol. The van der Waals surface area contributed by atoms with Crippen molar-refractivity contribution < 1.29 is 17.6 Å². The van der Waals surface area contributed by atoms with Crippen LogP contribution in [0.3, 0.4) is 0 Å². The number of benzene rings is 1. The standard InChI is InChI=1S/C15H20F3OSi/c1-15(2,19-20)8-6-4-3-5-7-11-9-13(17)14(18)10-12(11)16/h9-10H,3-8H2,1-2H3. The number of halogens is 3. The van der Waals surface area contributed by atoms with Crippen molar-refractivity contribution >= 4 is 10.5 Å². The van der Waals surface area contributed by atoms with E-state index in [1.807, 2.05) is 13.8 Å². The molecule has 1 rings (SSSR count). The van der Waals surface area contributed by atoms with E-state index in [-0.39, 0.29) is 11.2 Å². The van der Waals surface area contributed by atoms with Crippen molar-refractivity contribution in [2.75, 3.05) is 0 Å². The van der Waals surface area contributed by atoms with Crippen molar-refractivity contribution in [3.8, 4) is 0 Å². The average molecular weight is 301 g/mol. The first-order chi connectivity index (χ1) is 9.35. The summed E-state index contributed by atoms with van der Waals surface area (Å²) < 4.78 is 44.3. The second kappa shape index (κ2) is 7.83. The van der Waals surface area contributed by atoms with E-state index < -0.39 is 17.5 Å². The van der Waals surface area contributed by atoms with Gasteiger partial charge in [0.1, 0.15) is 5.82 Å². The fourth-order valence-corrected chi connectivity index (χ4v) is 2.13. The van der Waals surface area contributed by atoms with Crippen LogP contribution in [0.15, 0.2) is 12.1 Å². The lowest BCUT2D eigenvalue weighted by Crippen LogP contribution is -2.22. The maximum absolute atomic E-state index is 13.4. The van der Waals surface area contributed by atoms with Gasteiger partial charge in [0.15, 0.2) is 11.6 Å². The molecule has 5 heteroatoms. The molecule has 0 spiro atoms. The summed E-state index contributed by atoms with van der Waals surface area (Å²) in [5, 5.41) is 0. The third-order valence-corrected chi connectivity index (χ3v) is 3.89. The molecule has 0 aliphatic heterocycles. The molecule has 0 unspecified atom stereocenters. The molecule has 0 aliphatic carbocycles. The molecule has 0 aromatic heterocycles. The highest BCUT2D eigenvalue weighted by Gasteiger charge is 2.14. The minimum absolute atomic E-state index is 0.191. The Morgan fingerprint density at radius 1 is 0.950 bits per heavy atom. The lowest BCUT2D eigenvalue weighted by atomic mass is 9.99. The summed E-state index contributed by atoms with van der Waals surface area (Å²) in [5.74, 6) is -2.79. The first-order valence-electron chi connectivity index (χ1n) is 6.84. The smallest absolute Gasteiger partial charge is 0.246 e. The average Bonchev–Trinajstić information content (AvgIpc) is 2.39.